The summed E-state index contributed by atoms with van der Waals surface area (Å²) < 4.78 is 44.3. The first-order valence-corrected chi connectivity index (χ1v) is 11.0. The Kier molecular flexibility index (Phi) is 8.46. The van der Waals surface area contributed by atoms with Gasteiger partial charge in [-0.1, -0.05) is 25.1 Å². The molecule has 0 saturated heterocycles. The number of ether oxygens (including phenoxy) is 1. The second-order valence-corrected chi connectivity index (χ2v) is 7.90. The van der Waals surface area contributed by atoms with Crippen molar-refractivity contribution in [2.24, 2.45) is 0 Å². The maximum atomic E-state index is 12.7. The third-order valence-corrected chi connectivity index (χ3v) is 5.30. The number of carbonyl (C=O) groups is 2. The molecule has 0 bridgehead atoms. The lowest BCUT2D eigenvalue weighted by molar-refractivity contribution is -0.138. The summed E-state index contributed by atoms with van der Waals surface area (Å²) in [5.41, 5.74) is 1.79. The average Bonchev–Trinajstić information content (AvgIpc) is 2.84. The normalized spacial score (nSPS) is 12.1. The maximum Gasteiger partial charge on any atom is 0.416 e. The highest BCUT2D eigenvalue weighted by molar-refractivity contribution is 5.94. The third kappa shape index (κ3) is 7.56. The van der Waals surface area contributed by atoms with Crippen LogP contribution in [-0.4, -0.2) is 34.6 Å². The molecule has 6 nitrogen and oxygen atoms in total. The van der Waals surface area contributed by atoms with Crippen LogP contribution in [0.3, 0.4) is 0 Å². The van der Waals surface area contributed by atoms with Crippen molar-refractivity contribution in [1.29, 1.82) is 0 Å². The van der Waals surface area contributed by atoms with Crippen LogP contribution in [0.4, 0.5) is 13.2 Å². The second-order valence-electron chi connectivity index (χ2n) is 7.90. The van der Waals surface area contributed by atoms with E-state index in [-0.39, 0.29) is 25.0 Å². The first-order valence-electron chi connectivity index (χ1n) is 11.0. The molecular weight excluding hydrogens is 461 g/mol. The SMILES string of the molecule is CCC(Cc1ccc(-c2ccc(C(F)(F)F)cc2)nc1)Oc1ccc(C(=O)NCCC(=O)O)cc1. The number of alkyl halides is 3. The molecule has 0 saturated carbocycles. The molecule has 0 aliphatic heterocycles. The van der Waals surface area contributed by atoms with Crippen molar-refractivity contribution in [1.82, 2.24) is 10.3 Å². The number of nitrogens with zero attached hydrogens (tertiary/aromatic N) is 1. The summed E-state index contributed by atoms with van der Waals surface area (Å²) in [6, 6.07) is 15.1. The van der Waals surface area contributed by atoms with Crippen molar-refractivity contribution in [3.05, 3.63) is 83.6 Å². The third-order valence-electron chi connectivity index (χ3n) is 5.30. The lowest BCUT2D eigenvalue weighted by Crippen LogP contribution is -2.26. The Bertz CT molecular complexity index is 1130. The molecule has 1 heterocycles. The van der Waals surface area contributed by atoms with Gasteiger partial charge in [-0.05, 0) is 54.4 Å². The molecule has 0 aliphatic carbocycles. The van der Waals surface area contributed by atoms with Gasteiger partial charge in [0.2, 0.25) is 0 Å². The summed E-state index contributed by atoms with van der Waals surface area (Å²) in [6.07, 6.45) is -1.69. The van der Waals surface area contributed by atoms with E-state index in [9.17, 15) is 22.8 Å². The molecule has 35 heavy (non-hydrogen) atoms. The number of pyridine rings is 1. The largest absolute Gasteiger partial charge is 0.490 e. The Balaban J connectivity index is 1.57. The fourth-order valence-electron chi connectivity index (χ4n) is 3.34. The molecule has 2 N–H and O–H groups in total. The van der Waals surface area contributed by atoms with Crippen molar-refractivity contribution in [3.8, 4) is 17.0 Å². The molecule has 0 spiro atoms. The maximum absolute atomic E-state index is 12.7. The van der Waals surface area contributed by atoms with Crippen molar-refractivity contribution in [2.75, 3.05) is 6.54 Å². The number of rotatable bonds is 10. The smallest absolute Gasteiger partial charge is 0.416 e. The highest BCUT2D eigenvalue weighted by Gasteiger charge is 2.30. The number of aromatic nitrogens is 1. The van der Waals surface area contributed by atoms with E-state index in [1.807, 2.05) is 13.0 Å². The van der Waals surface area contributed by atoms with Gasteiger partial charge in [0.25, 0.3) is 5.91 Å². The van der Waals surface area contributed by atoms with Crippen molar-refractivity contribution >= 4 is 11.9 Å². The molecule has 2 aromatic carbocycles. The van der Waals surface area contributed by atoms with Gasteiger partial charge in [-0.2, -0.15) is 13.2 Å². The van der Waals surface area contributed by atoms with E-state index >= 15 is 0 Å². The van der Waals surface area contributed by atoms with Gasteiger partial charge >= 0.3 is 12.1 Å². The van der Waals surface area contributed by atoms with Crippen LogP contribution in [0.5, 0.6) is 5.75 Å². The summed E-state index contributed by atoms with van der Waals surface area (Å²) in [4.78, 5) is 27.0. The number of hydrogen-bond acceptors (Lipinski definition) is 4. The summed E-state index contributed by atoms with van der Waals surface area (Å²) in [7, 11) is 0. The highest BCUT2D eigenvalue weighted by atomic mass is 19.4. The number of halogens is 3. The van der Waals surface area contributed by atoms with Crippen molar-refractivity contribution in [2.45, 2.75) is 38.5 Å². The van der Waals surface area contributed by atoms with Crippen LogP contribution in [-0.2, 0) is 17.4 Å². The number of amides is 1. The van der Waals surface area contributed by atoms with E-state index in [1.54, 1.807) is 36.5 Å². The van der Waals surface area contributed by atoms with Crippen LogP contribution in [0.1, 0.15) is 41.3 Å². The Morgan fingerprint density at radius 3 is 2.26 bits per heavy atom. The predicted octanol–water partition coefficient (Wildman–Crippen LogP) is 5.37. The van der Waals surface area contributed by atoms with Gasteiger partial charge in [0, 0.05) is 30.3 Å². The van der Waals surface area contributed by atoms with Crippen LogP contribution >= 0.6 is 0 Å². The molecular formula is C26H25F3N2O4. The first-order chi connectivity index (χ1) is 16.7. The molecule has 0 fully saturated rings. The van der Waals surface area contributed by atoms with Crippen LogP contribution in [0, 0.1) is 0 Å². The van der Waals surface area contributed by atoms with Crippen LogP contribution in [0.25, 0.3) is 11.3 Å². The summed E-state index contributed by atoms with van der Waals surface area (Å²) in [5, 5.41) is 11.2. The van der Waals surface area contributed by atoms with E-state index in [0.29, 0.717) is 29.0 Å². The predicted molar refractivity (Wildman–Crippen MR) is 124 cm³/mol. The number of benzene rings is 2. The van der Waals surface area contributed by atoms with E-state index in [1.165, 1.54) is 12.1 Å². The standard InChI is InChI=1S/C26H25F3N2O4/c1-2-21(35-22-10-6-19(7-11-22)25(34)30-14-13-24(32)33)15-17-3-12-23(31-16-17)18-4-8-20(9-5-18)26(27,28)29/h3-12,16,21H,2,13-15H2,1H3,(H,30,34)(H,32,33). The minimum absolute atomic E-state index is 0.0516. The topological polar surface area (TPSA) is 88.5 Å². The second kappa shape index (κ2) is 11.5. The number of nitrogens with one attached hydrogen (secondary N) is 1. The molecule has 9 heteroatoms. The Labute approximate surface area is 200 Å². The molecule has 1 atom stereocenters. The van der Waals surface area contributed by atoms with Crippen LogP contribution < -0.4 is 10.1 Å². The zero-order valence-electron chi connectivity index (χ0n) is 19.0. The molecule has 1 unspecified atom stereocenters. The van der Waals surface area contributed by atoms with Gasteiger partial charge in [0.1, 0.15) is 11.9 Å². The summed E-state index contributed by atoms with van der Waals surface area (Å²) >= 11 is 0. The van der Waals surface area contributed by atoms with E-state index in [0.717, 1.165) is 24.1 Å². The van der Waals surface area contributed by atoms with Gasteiger partial charge in [0.15, 0.2) is 0 Å². The fourth-order valence-corrected chi connectivity index (χ4v) is 3.34. The Morgan fingerprint density at radius 2 is 1.71 bits per heavy atom. The van der Waals surface area contributed by atoms with Gasteiger partial charge in [-0.15, -0.1) is 0 Å². The number of carboxylic acids is 1. The van der Waals surface area contributed by atoms with Gasteiger partial charge < -0.3 is 15.2 Å². The van der Waals surface area contributed by atoms with E-state index < -0.39 is 17.7 Å². The average molecular weight is 486 g/mol. The first kappa shape index (κ1) is 25.7. The molecule has 3 rings (SSSR count). The zero-order chi connectivity index (χ0) is 25.4. The monoisotopic (exact) mass is 486 g/mol. The lowest BCUT2D eigenvalue weighted by Gasteiger charge is -2.18. The van der Waals surface area contributed by atoms with Crippen LogP contribution in [0.2, 0.25) is 0 Å². The van der Waals surface area contributed by atoms with Crippen LogP contribution in [0.15, 0.2) is 66.9 Å². The van der Waals surface area contributed by atoms with Gasteiger partial charge in [-0.25, -0.2) is 0 Å². The molecule has 3 aromatic rings. The number of aliphatic carboxylic acids is 1. The molecule has 184 valence electrons. The summed E-state index contributed by atoms with van der Waals surface area (Å²) in [5.74, 6) is -0.749. The van der Waals surface area contributed by atoms with Crippen molar-refractivity contribution < 1.29 is 32.6 Å². The molecule has 1 amide bonds. The molecule has 1 aromatic heterocycles. The lowest BCUT2D eigenvalue weighted by atomic mass is 10.0. The number of carbonyl (C=O) groups excluding carboxylic acids is 1. The Morgan fingerprint density at radius 1 is 1.03 bits per heavy atom. The van der Waals surface area contributed by atoms with E-state index in [2.05, 4.69) is 10.3 Å². The van der Waals surface area contributed by atoms with Gasteiger partial charge in [-0.3, -0.25) is 14.6 Å². The highest BCUT2D eigenvalue weighted by Crippen LogP contribution is 2.30. The quantitative estimate of drug-likeness (QED) is 0.402. The van der Waals surface area contributed by atoms with Gasteiger partial charge in [0.05, 0.1) is 17.7 Å². The Hall–Kier alpha value is -3.88. The van der Waals surface area contributed by atoms with Crippen molar-refractivity contribution in [3.63, 3.8) is 0 Å². The summed E-state index contributed by atoms with van der Waals surface area (Å²) in [6.45, 7) is 2.04. The van der Waals surface area contributed by atoms with E-state index in [4.69, 9.17) is 9.84 Å². The number of carboxylic acid groups (broad SMARTS) is 1. The minimum Gasteiger partial charge on any atom is -0.490 e. The molecule has 0 radical (unpaired) electrons. The fraction of sp³-hybridized carbons (Fsp3) is 0.269. The minimum atomic E-state index is -4.38. The molecule has 0 aliphatic rings. The zero-order valence-corrected chi connectivity index (χ0v) is 19.0. The number of hydrogen-bond donors (Lipinski definition) is 2.